The Hall–Kier alpha value is -0.330. The number of rotatable bonds is 5. The van der Waals surface area contributed by atoms with Crippen molar-refractivity contribution in [2.75, 3.05) is 32.8 Å². The lowest BCUT2D eigenvalue weighted by molar-refractivity contribution is -0.174. The van der Waals surface area contributed by atoms with Gasteiger partial charge in [-0.05, 0) is 38.8 Å². The SMILES string of the molecule is CC(N)C1CCN(CCOCC(F)(F)F)CC1. The van der Waals surface area contributed by atoms with Gasteiger partial charge in [-0.15, -0.1) is 0 Å². The first kappa shape index (κ1) is 14.7. The van der Waals surface area contributed by atoms with E-state index in [0.29, 0.717) is 12.5 Å². The number of likely N-dealkylation sites (tertiary alicyclic amines) is 1. The predicted molar refractivity (Wildman–Crippen MR) is 59.7 cm³/mol. The molecule has 0 aromatic carbocycles. The minimum Gasteiger partial charge on any atom is -0.371 e. The van der Waals surface area contributed by atoms with Crippen LogP contribution in [0, 0.1) is 5.92 Å². The first-order valence-corrected chi connectivity index (χ1v) is 6.01. The van der Waals surface area contributed by atoms with Crippen LogP contribution >= 0.6 is 0 Å². The number of ether oxygens (including phenoxy) is 1. The normalized spacial score (nSPS) is 21.7. The van der Waals surface area contributed by atoms with E-state index in [1.54, 1.807) is 0 Å². The van der Waals surface area contributed by atoms with Crippen LogP contribution in [0.2, 0.25) is 0 Å². The van der Waals surface area contributed by atoms with Crippen LogP contribution in [0.3, 0.4) is 0 Å². The Balaban J connectivity index is 2.07. The van der Waals surface area contributed by atoms with Crippen molar-refractivity contribution in [3.63, 3.8) is 0 Å². The Kier molecular flexibility index (Phi) is 5.69. The molecule has 1 fully saturated rings. The molecule has 3 nitrogen and oxygen atoms in total. The smallest absolute Gasteiger partial charge is 0.371 e. The second-order valence-corrected chi connectivity index (χ2v) is 4.71. The number of piperidine rings is 1. The van der Waals surface area contributed by atoms with Gasteiger partial charge in [0.1, 0.15) is 6.61 Å². The molecule has 102 valence electrons. The molecule has 0 radical (unpaired) electrons. The van der Waals surface area contributed by atoms with E-state index >= 15 is 0 Å². The second kappa shape index (κ2) is 6.56. The van der Waals surface area contributed by atoms with Crippen LogP contribution in [0.5, 0.6) is 0 Å². The average Bonchev–Trinajstić information content (AvgIpc) is 2.24. The Morgan fingerprint density at radius 3 is 2.41 bits per heavy atom. The quantitative estimate of drug-likeness (QED) is 0.758. The Morgan fingerprint density at radius 1 is 1.35 bits per heavy atom. The monoisotopic (exact) mass is 254 g/mol. The number of nitrogens with zero attached hydrogens (tertiary/aromatic N) is 1. The molecule has 0 spiro atoms. The summed E-state index contributed by atoms with van der Waals surface area (Å²) < 4.78 is 40.0. The van der Waals surface area contributed by atoms with Crippen LogP contribution in [-0.4, -0.2) is 50.0 Å². The minimum atomic E-state index is -4.22. The molecule has 0 aromatic heterocycles. The molecule has 0 bridgehead atoms. The van der Waals surface area contributed by atoms with Crippen LogP contribution in [-0.2, 0) is 4.74 Å². The van der Waals surface area contributed by atoms with Crippen LogP contribution in [0.4, 0.5) is 13.2 Å². The molecule has 0 aromatic rings. The highest BCUT2D eigenvalue weighted by Gasteiger charge is 2.27. The molecule has 2 N–H and O–H groups in total. The summed E-state index contributed by atoms with van der Waals surface area (Å²) in [6, 6.07) is 0.207. The molecule has 1 unspecified atom stereocenters. The summed E-state index contributed by atoms with van der Waals surface area (Å²) in [5.41, 5.74) is 5.81. The highest BCUT2D eigenvalue weighted by Crippen LogP contribution is 2.19. The number of halogens is 3. The van der Waals surface area contributed by atoms with Gasteiger partial charge in [0.2, 0.25) is 0 Å². The van der Waals surface area contributed by atoms with Crippen molar-refractivity contribution in [1.29, 1.82) is 0 Å². The summed E-state index contributed by atoms with van der Waals surface area (Å²) in [5.74, 6) is 0.544. The van der Waals surface area contributed by atoms with Crippen molar-refractivity contribution in [3.05, 3.63) is 0 Å². The molecule has 17 heavy (non-hydrogen) atoms. The zero-order chi connectivity index (χ0) is 12.9. The fourth-order valence-electron chi connectivity index (χ4n) is 2.08. The molecule has 1 atom stereocenters. The number of hydrogen-bond acceptors (Lipinski definition) is 3. The first-order valence-electron chi connectivity index (χ1n) is 6.01. The summed E-state index contributed by atoms with van der Waals surface area (Å²) in [6.07, 6.45) is -2.17. The standard InChI is InChI=1S/C11H21F3N2O/c1-9(15)10-2-4-16(5-3-10)6-7-17-8-11(12,13)14/h9-10H,2-8,15H2,1H3. The van der Waals surface area contributed by atoms with Crippen molar-refractivity contribution < 1.29 is 17.9 Å². The molecular weight excluding hydrogens is 233 g/mol. The van der Waals surface area contributed by atoms with Crippen molar-refractivity contribution in [3.8, 4) is 0 Å². The van der Waals surface area contributed by atoms with Gasteiger partial charge in [0.05, 0.1) is 6.61 Å². The summed E-state index contributed by atoms with van der Waals surface area (Å²) in [4.78, 5) is 2.13. The van der Waals surface area contributed by atoms with Gasteiger partial charge in [0.15, 0.2) is 0 Å². The molecule has 0 amide bonds. The zero-order valence-electron chi connectivity index (χ0n) is 10.2. The summed E-state index contributed by atoms with van der Waals surface area (Å²) in [6.45, 7) is 3.38. The number of nitrogens with two attached hydrogens (primary N) is 1. The number of hydrogen-bond donors (Lipinski definition) is 1. The second-order valence-electron chi connectivity index (χ2n) is 4.71. The Morgan fingerprint density at radius 2 is 1.94 bits per heavy atom. The zero-order valence-corrected chi connectivity index (χ0v) is 10.2. The summed E-state index contributed by atoms with van der Waals surface area (Å²) in [5, 5.41) is 0. The maximum absolute atomic E-state index is 11.8. The lowest BCUT2D eigenvalue weighted by Gasteiger charge is -2.33. The maximum Gasteiger partial charge on any atom is 0.411 e. The van der Waals surface area contributed by atoms with Crippen molar-refractivity contribution in [1.82, 2.24) is 4.90 Å². The molecule has 6 heteroatoms. The van der Waals surface area contributed by atoms with E-state index in [9.17, 15) is 13.2 Å². The van der Waals surface area contributed by atoms with E-state index in [1.165, 1.54) is 0 Å². The minimum absolute atomic E-state index is 0.141. The highest BCUT2D eigenvalue weighted by atomic mass is 19.4. The molecule has 1 heterocycles. The average molecular weight is 254 g/mol. The van der Waals surface area contributed by atoms with E-state index in [1.807, 2.05) is 6.92 Å². The van der Waals surface area contributed by atoms with E-state index in [2.05, 4.69) is 9.64 Å². The van der Waals surface area contributed by atoms with Crippen molar-refractivity contribution >= 4 is 0 Å². The molecule has 1 saturated heterocycles. The molecule has 1 rings (SSSR count). The van der Waals surface area contributed by atoms with Gasteiger partial charge < -0.3 is 15.4 Å². The van der Waals surface area contributed by atoms with Gasteiger partial charge in [0, 0.05) is 12.6 Å². The van der Waals surface area contributed by atoms with Crippen LogP contribution in [0.15, 0.2) is 0 Å². The van der Waals surface area contributed by atoms with E-state index in [-0.39, 0.29) is 12.6 Å². The highest BCUT2D eigenvalue weighted by molar-refractivity contribution is 4.77. The Bertz CT molecular complexity index is 213. The van der Waals surface area contributed by atoms with Crippen LogP contribution in [0.1, 0.15) is 19.8 Å². The van der Waals surface area contributed by atoms with Gasteiger partial charge in [-0.25, -0.2) is 0 Å². The first-order chi connectivity index (χ1) is 7.88. The third-order valence-electron chi connectivity index (χ3n) is 3.19. The molecule has 0 aliphatic carbocycles. The largest absolute Gasteiger partial charge is 0.411 e. The number of alkyl halides is 3. The van der Waals surface area contributed by atoms with Gasteiger partial charge in [0.25, 0.3) is 0 Å². The van der Waals surface area contributed by atoms with Gasteiger partial charge in [-0.3, -0.25) is 0 Å². The van der Waals surface area contributed by atoms with E-state index < -0.39 is 12.8 Å². The molecular formula is C11H21F3N2O. The lowest BCUT2D eigenvalue weighted by atomic mass is 9.91. The fraction of sp³-hybridized carbons (Fsp3) is 1.00. The van der Waals surface area contributed by atoms with Gasteiger partial charge >= 0.3 is 6.18 Å². The third-order valence-corrected chi connectivity index (χ3v) is 3.19. The molecule has 0 saturated carbocycles. The summed E-state index contributed by atoms with van der Waals surface area (Å²) >= 11 is 0. The summed E-state index contributed by atoms with van der Waals surface area (Å²) in [7, 11) is 0. The van der Waals surface area contributed by atoms with Gasteiger partial charge in [-0.1, -0.05) is 0 Å². The van der Waals surface area contributed by atoms with Crippen LogP contribution < -0.4 is 5.73 Å². The van der Waals surface area contributed by atoms with Crippen LogP contribution in [0.25, 0.3) is 0 Å². The Labute approximate surface area is 100 Å². The van der Waals surface area contributed by atoms with Gasteiger partial charge in [-0.2, -0.15) is 13.2 Å². The molecule has 1 aliphatic rings. The van der Waals surface area contributed by atoms with Crippen molar-refractivity contribution in [2.45, 2.75) is 32.0 Å². The topological polar surface area (TPSA) is 38.5 Å². The third kappa shape index (κ3) is 6.24. The predicted octanol–water partition coefficient (Wildman–Crippen LogP) is 1.62. The molecule has 1 aliphatic heterocycles. The fourth-order valence-corrected chi connectivity index (χ4v) is 2.08. The maximum atomic E-state index is 11.8. The lowest BCUT2D eigenvalue weighted by Crippen LogP contribution is -2.41. The van der Waals surface area contributed by atoms with E-state index in [4.69, 9.17) is 5.73 Å². The van der Waals surface area contributed by atoms with E-state index in [0.717, 1.165) is 25.9 Å². The van der Waals surface area contributed by atoms with Crippen molar-refractivity contribution in [2.24, 2.45) is 11.7 Å².